The number of rotatable bonds is 1. The minimum Gasteiger partial charge on any atom is -0.462 e. The number of hydrogen-bond donors (Lipinski definition) is 1. The maximum Gasteiger partial charge on any atom is 0.152 e. The number of nitrogens with zero attached hydrogens (tertiary/aromatic N) is 1. The summed E-state index contributed by atoms with van der Waals surface area (Å²) in [7, 11) is 0. The highest BCUT2D eigenvalue weighted by atomic mass is 16.3. The lowest BCUT2D eigenvalue weighted by Crippen LogP contribution is -2.17. The predicted octanol–water partition coefficient (Wildman–Crippen LogP) is 1.78. The molecule has 0 saturated heterocycles. The van der Waals surface area contributed by atoms with Gasteiger partial charge in [0.15, 0.2) is 5.58 Å². The Balaban J connectivity index is 2.30. The smallest absolute Gasteiger partial charge is 0.152 e. The normalized spacial score (nSPS) is 19.2. The van der Waals surface area contributed by atoms with E-state index >= 15 is 0 Å². The first-order valence-corrected chi connectivity index (χ1v) is 4.40. The molecule has 0 unspecified atom stereocenters. The van der Waals surface area contributed by atoms with Crippen LogP contribution in [-0.2, 0) is 5.54 Å². The highest BCUT2D eigenvalue weighted by Gasteiger charge is 2.42. The summed E-state index contributed by atoms with van der Waals surface area (Å²) in [4.78, 5) is 3.99. The van der Waals surface area contributed by atoms with Gasteiger partial charge in [0, 0.05) is 22.7 Å². The molecule has 1 aliphatic rings. The molecule has 3 rings (SSSR count). The number of fused-ring (bicyclic) bond motifs is 1. The van der Waals surface area contributed by atoms with Gasteiger partial charge in [-0.3, -0.25) is 4.98 Å². The van der Waals surface area contributed by atoms with E-state index in [-0.39, 0.29) is 5.54 Å². The summed E-state index contributed by atoms with van der Waals surface area (Å²) >= 11 is 0. The molecule has 0 bridgehead atoms. The zero-order chi connectivity index (χ0) is 8.89. The maximum atomic E-state index is 6.10. The summed E-state index contributed by atoms with van der Waals surface area (Å²) in [5, 5.41) is 1.11. The molecule has 0 aromatic carbocycles. The lowest BCUT2D eigenvalue weighted by atomic mass is 10.1. The van der Waals surface area contributed by atoms with Crippen LogP contribution >= 0.6 is 0 Å². The van der Waals surface area contributed by atoms with Crippen LogP contribution in [0.15, 0.2) is 29.1 Å². The third-order valence-corrected chi connectivity index (χ3v) is 2.70. The second-order valence-corrected chi connectivity index (χ2v) is 3.68. The van der Waals surface area contributed by atoms with E-state index in [9.17, 15) is 0 Å². The van der Waals surface area contributed by atoms with E-state index in [2.05, 4.69) is 4.98 Å². The molecule has 2 aromatic rings. The molecule has 0 spiro atoms. The summed E-state index contributed by atoms with van der Waals surface area (Å²) in [5.41, 5.74) is 7.94. The van der Waals surface area contributed by atoms with Crippen molar-refractivity contribution in [2.75, 3.05) is 0 Å². The molecule has 1 saturated carbocycles. The number of nitrogens with two attached hydrogens (primary N) is 1. The van der Waals surface area contributed by atoms with Crippen molar-refractivity contribution >= 4 is 11.0 Å². The van der Waals surface area contributed by atoms with Crippen molar-refractivity contribution in [2.45, 2.75) is 18.4 Å². The third kappa shape index (κ3) is 0.906. The van der Waals surface area contributed by atoms with E-state index in [1.807, 2.05) is 6.07 Å². The van der Waals surface area contributed by atoms with Crippen LogP contribution in [0, 0.1) is 0 Å². The third-order valence-electron chi connectivity index (χ3n) is 2.70. The Labute approximate surface area is 75.6 Å². The first-order chi connectivity index (χ1) is 6.30. The van der Waals surface area contributed by atoms with Crippen LogP contribution in [0.4, 0.5) is 0 Å². The molecule has 3 nitrogen and oxygen atoms in total. The number of furan rings is 1. The van der Waals surface area contributed by atoms with Crippen LogP contribution < -0.4 is 5.73 Å². The van der Waals surface area contributed by atoms with E-state index in [1.165, 1.54) is 0 Å². The van der Waals surface area contributed by atoms with Crippen LogP contribution in [0.1, 0.15) is 18.4 Å². The van der Waals surface area contributed by atoms with Gasteiger partial charge < -0.3 is 10.2 Å². The predicted molar refractivity (Wildman–Crippen MR) is 49.1 cm³/mol. The van der Waals surface area contributed by atoms with Crippen LogP contribution in [0.25, 0.3) is 11.0 Å². The molecule has 2 aromatic heterocycles. The highest BCUT2D eigenvalue weighted by molar-refractivity contribution is 5.81. The van der Waals surface area contributed by atoms with Gasteiger partial charge >= 0.3 is 0 Å². The average molecular weight is 174 g/mol. The van der Waals surface area contributed by atoms with Gasteiger partial charge in [0.05, 0.1) is 12.5 Å². The first kappa shape index (κ1) is 7.09. The molecule has 1 aliphatic carbocycles. The maximum absolute atomic E-state index is 6.10. The molecule has 13 heavy (non-hydrogen) atoms. The SMILES string of the molecule is NC1(c2coc3cnccc23)CC1. The number of pyridine rings is 1. The van der Waals surface area contributed by atoms with Gasteiger partial charge in [-0.1, -0.05) is 0 Å². The number of hydrogen-bond acceptors (Lipinski definition) is 3. The fourth-order valence-corrected chi connectivity index (χ4v) is 1.67. The quantitative estimate of drug-likeness (QED) is 0.716. The summed E-state index contributed by atoms with van der Waals surface area (Å²) in [6, 6.07) is 1.96. The van der Waals surface area contributed by atoms with Crippen LogP contribution in [-0.4, -0.2) is 4.98 Å². The first-order valence-electron chi connectivity index (χ1n) is 4.40. The van der Waals surface area contributed by atoms with Gasteiger partial charge in [-0.25, -0.2) is 0 Å². The second kappa shape index (κ2) is 2.12. The van der Waals surface area contributed by atoms with E-state index in [1.54, 1.807) is 18.7 Å². The van der Waals surface area contributed by atoms with Crippen molar-refractivity contribution in [1.82, 2.24) is 4.98 Å². The van der Waals surface area contributed by atoms with Crippen LogP contribution in [0.3, 0.4) is 0 Å². The molecule has 0 aliphatic heterocycles. The Morgan fingerprint density at radius 1 is 1.46 bits per heavy atom. The lowest BCUT2D eigenvalue weighted by Gasteiger charge is -2.04. The molecule has 3 heteroatoms. The molecule has 0 radical (unpaired) electrons. The molecule has 1 fully saturated rings. The molecule has 2 heterocycles. The van der Waals surface area contributed by atoms with Crippen molar-refractivity contribution in [1.29, 1.82) is 0 Å². The largest absolute Gasteiger partial charge is 0.462 e. The van der Waals surface area contributed by atoms with Crippen LogP contribution in [0.2, 0.25) is 0 Å². The zero-order valence-corrected chi connectivity index (χ0v) is 7.16. The second-order valence-electron chi connectivity index (χ2n) is 3.68. The van der Waals surface area contributed by atoms with Crippen molar-refractivity contribution in [3.63, 3.8) is 0 Å². The van der Waals surface area contributed by atoms with Crippen molar-refractivity contribution in [3.05, 3.63) is 30.3 Å². The topological polar surface area (TPSA) is 52.0 Å². The molecule has 66 valence electrons. The van der Waals surface area contributed by atoms with E-state index in [4.69, 9.17) is 10.2 Å². The summed E-state index contributed by atoms with van der Waals surface area (Å²) in [6.07, 6.45) is 7.38. The molecular formula is C10H10N2O. The molecular weight excluding hydrogens is 164 g/mol. The molecule has 2 N–H and O–H groups in total. The van der Waals surface area contributed by atoms with Gasteiger partial charge in [-0.05, 0) is 18.9 Å². The highest BCUT2D eigenvalue weighted by Crippen LogP contribution is 2.45. The fraction of sp³-hybridized carbons (Fsp3) is 0.300. The Morgan fingerprint density at radius 2 is 2.31 bits per heavy atom. The van der Waals surface area contributed by atoms with Crippen molar-refractivity contribution in [3.8, 4) is 0 Å². The van der Waals surface area contributed by atoms with Gasteiger partial charge in [0.25, 0.3) is 0 Å². The zero-order valence-electron chi connectivity index (χ0n) is 7.16. The minimum absolute atomic E-state index is 0.118. The van der Waals surface area contributed by atoms with Gasteiger partial charge in [-0.15, -0.1) is 0 Å². The Kier molecular flexibility index (Phi) is 1.15. The van der Waals surface area contributed by atoms with Crippen LogP contribution in [0.5, 0.6) is 0 Å². The Bertz CT molecular complexity index is 457. The standard InChI is InChI=1S/C10H10N2O/c11-10(2-3-10)8-6-13-9-5-12-4-1-7(8)9/h1,4-6H,2-3,11H2. The molecule has 0 atom stereocenters. The Hall–Kier alpha value is -1.35. The fourth-order valence-electron chi connectivity index (χ4n) is 1.67. The minimum atomic E-state index is -0.118. The van der Waals surface area contributed by atoms with Gasteiger partial charge in [0.2, 0.25) is 0 Å². The summed E-state index contributed by atoms with van der Waals surface area (Å²) in [5.74, 6) is 0. The van der Waals surface area contributed by atoms with Crippen molar-refractivity contribution in [2.24, 2.45) is 5.73 Å². The van der Waals surface area contributed by atoms with Gasteiger partial charge in [0.1, 0.15) is 0 Å². The summed E-state index contributed by atoms with van der Waals surface area (Å²) < 4.78 is 5.37. The average Bonchev–Trinajstić information content (AvgIpc) is 2.76. The van der Waals surface area contributed by atoms with Crippen molar-refractivity contribution < 1.29 is 4.42 Å². The van der Waals surface area contributed by atoms with E-state index in [0.29, 0.717) is 0 Å². The number of aromatic nitrogens is 1. The summed E-state index contributed by atoms with van der Waals surface area (Å²) in [6.45, 7) is 0. The van der Waals surface area contributed by atoms with Gasteiger partial charge in [-0.2, -0.15) is 0 Å². The van der Waals surface area contributed by atoms with E-state index < -0.39 is 0 Å². The monoisotopic (exact) mass is 174 g/mol. The van der Waals surface area contributed by atoms with E-state index in [0.717, 1.165) is 29.4 Å². The lowest BCUT2D eigenvalue weighted by molar-refractivity contribution is 0.597. The molecule has 0 amide bonds. The Morgan fingerprint density at radius 3 is 3.08 bits per heavy atom.